The van der Waals surface area contributed by atoms with E-state index in [1.807, 2.05) is 51.1 Å². The summed E-state index contributed by atoms with van der Waals surface area (Å²) in [5.41, 5.74) is 0.770. The Balaban J connectivity index is 1.80. The molecule has 1 aliphatic carbocycles. The third-order valence-electron chi connectivity index (χ3n) is 8.28. The smallest absolute Gasteiger partial charge is 0.387 e. The lowest BCUT2D eigenvalue weighted by molar-refractivity contribution is -0.154. The molecule has 0 radical (unpaired) electrons. The fourth-order valence-corrected chi connectivity index (χ4v) is 6.55. The minimum Gasteiger partial charge on any atom is -0.497 e. The van der Waals surface area contributed by atoms with E-state index in [2.05, 4.69) is 5.32 Å². The van der Waals surface area contributed by atoms with Crippen molar-refractivity contribution in [3.63, 3.8) is 0 Å². The van der Waals surface area contributed by atoms with Crippen LogP contribution in [0.25, 0.3) is 0 Å². The molecule has 0 spiro atoms. The number of rotatable bonds is 9. The minimum absolute atomic E-state index is 0.00906. The lowest BCUT2D eigenvalue weighted by Gasteiger charge is -2.36. The Labute approximate surface area is 234 Å². The predicted octanol–water partition coefficient (Wildman–Crippen LogP) is 6.03. The monoisotopic (exact) mass is 558 g/mol. The second kappa shape index (κ2) is 12.5. The first-order valence-electron chi connectivity index (χ1n) is 14.0. The van der Waals surface area contributed by atoms with Crippen LogP contribution in [0.3, 0.4) is 0 Å². The van der Waals surface area contributed by atoms with Gasteiger partial charge in [0.1, 0.15) is 17.5 Å². The van der Waals surface area contributed by atoms with Gasteiger partial charge in [0.2, 0.25) is 5.91 Å². The molecule has 2 aromatic rings. The number of carboxylic acid groups (broad SMARTS) is 1. The lowest BCUT2D eigenvalue weighted by Crippen LogP contribution is -2.49. The maximum Gasteiger partial charge on any atom is 0.387 e. The summed E-state index contributed by atoms with van der Waals surface area (Å²) < 4.78 is 36.5. The highest BCUT2D eigenvalue weighted by molar-refractivity contribution is 5.87. The average molecular weight is 559 g/mol. The highest BCUT2D eigenvalue weighted by atomic mass is 19.3. The molecular weight excluding hydrogens is 518 g/mol. The summed E-state index contributed by atoms with van der Waals surface area (Å²) in [4.78, 5) is 28.7. The Morgan fingerprint density at radius 2 is 1.75 bits per heavy atom. The van der Waals surface area contributed by atoms with Crippen molar-refractivity contribution in [1.82, 2.24) is 10.2 Å². The fraction of sp³-hybridized carbons (Fsp3) is 0.548. The third kappa shape index (κ3) is 6.40. The number of hydrogen-bond acceptors (Lipinski definition) is 5. The number of hydrogen-bond donors (Lipinski definition) is 2. The first kappa shape index (κ1) is 29.8. The van der Waals surface area contributed by atoms with Gasteiger partial charge in [0.05, 0.1) is 13.2 Å². The molecule has 218 valence electrons. The molecule has 4 atom stereocenters. The zero-order chi connectivity index (χ0) is 29.0. The van der Waals surface area contributed by atoms with E-state index in [9.17, 15) is 23.5 Å². The van der Waals surface area contributed by atoms with Gasteiger partial charge in [0, 0.05) is 30.0 Å². The number of ether oxygens (including phenoxy) is 2. The van der Waals surface area contributed by atoms with Crippen LogP contribution in [0.4, 0.5) is 8.78 Å². The second-order valence-electron chi connectivity index (χ2n) is 11.9. The van der Waals surface area contributed by atoms with Crippen LogP contribution in [0, 0.1) is 17.3 Å². The molecule has 9 heteroatoms. The quantitative estimate of drug-likeness (QED) is 0.391. The van der Waals surface area contributed by atoms with Crippen molar-refractivity contribution < 1.29 is 33.0 Å². The molecule has 7 nitrogen and oxygen atoms in total. The van der Waals surface area contributed by atoms with Gasteiger partial charge in [0.25, 0.3) is 0 Å². The number of likely N-dealkylation sites (tertiary alicyclic amines) is 1. The SMILES string of the molecule is COc1ccc(OC(F)F)c(CN[C@@H]2[C@@H](C(C)(C)C)[C@H](C(=O)O)N(C(=O)C3CCCCC3)[C@@H]2c2ccccc2)c1. The molecule has 4 rings (SSSR count). The van der Waals surface area contributed by atoms with Crippen LogP contribution < -0.4 is 14.8 Å². The Kier molecular flexibility index (Phi) is 9.33. The molecule has 2 aliphatic rings. The second-order valence-corrected chi connectivity index (χ2v) is 11.9. The molecule has 1 saturated carbocycles. The number of carboxylic acids is 1. The van der Waals surface area contributed by atoms with Gasteiger partial charge >= 0.3 is 12.6 Å². The summed E-state index contributed by atoms with van der Waals surface area (Å²) in [6, 6.07) is 12.0. The number of halogens is 2. The summed E-state index contributed by atoms with van der Waals surface area (Å²) in [6.07, 6.45) is 4.47. The van der Waals surface area contributed by atoms with Gasteiger partial charge in [-0.15, -0.1) is 0 Å². The highest BCUT2D eigenvalue weighted by Crippen LogP contribution is 2.49. The number of aliphatic carboxylic acids is 1. The zero-order valence-corrected chi connectivity index (χ0v) is 23.6. The van der Waals surface area contributed by atoms with Crippen LogP contribution in [0.1, 0.15) is 70.0 Å². The summed E-state index contributed by atoms with van der Waals surface area (Å²) >= 11 is 0. The van der Waals surface area contributed by atoms with Crippen molar-refractivity contribution in [2.75, 3.05) is 7.11 Å². The Morgan fingerprint density at radius 3 is 2.33 bits per heavy atom. The molecule has 1 amide bonds. The summed E-state index contributed by atoms with van der Waals surface area (Å²) in [5.74, 6) is -1.37. The van der Waals surface area contributed by atoms with Crippen LogP contribution in [-0.4, -0.2) is 47.7 Å². The molecule has 0 bridgehead atoms. The van der Waals surface area contributed by atoms with Gasteiger partial charge in [-0.25, -0.2) is 4.79 Å². The Bertz CT molecular complexity index is 1160. The minimum atomic E-state index is -3.00. The average Bonchev–Trinajstić information content (AvgIpc) is 3.29. The van der Waals surface area contributed by atoms with Crippen LogP contribution in [0.5, 0.6) is 11.5 Å². The molecule has 2 fully saturated rings. The van der Waals surface area contributed by atoms with E-state index in [1.54, 1.807) is 17.0 Å². The molecule has 1 saturated heterocycles. The van der Waals surface area contributed by atoms with Gasteiger partial charge in [-0.3, -0.25) is 4.79 Å². The molecule has 40 heavy (non-hydrogen) atoms. The first-order chi connectivity index (χ1) is 19.0. The molecule has 0 aromatic heterocycles. The normalized spacial score (nSPS) is 23.8. The van der Waals surface area contributed by atoms with Crippen molar-refractivity contribution in [1.29, 1.82) is 0 Å². The number of amides is 1. The lowest BCUT2D eigenvalue weighted by atomic mass is 9.72. The molecular formula is C31H40F2N2O5. The van der Waals surface area contributed by atoms with E-state index in [0.717, 1.165) is 37.7 Å². The van der Waals surface area contributed by atoms with Gasteiger partial charge in [0.15, 0.2) is 0 Å². The maximum atomic E-state index is 14.2. The number of benzene rings is 2. The number of nitrogens with one attached hydrogen (secondary N) is 1. The van der Waals surface area contributed by atoms with Crippen molar-refractivity contribution in [3.05, 3.63) is 59.7 Å². The molecule has 1 heterocycles. The van der Waals surface area contributed by atoms with Crippen LogP contribution in [-0.2, 0) is 16.1 Å². The molecule has 2 aromatic carbocycles. The fourth-order valence-electron chi connectivity index (χ4n) is 6.55. The van der Waals surface area contributed by atoms with Gasteiger partial charge < -0.3 is 24.8 Å². The number of nitrogens with zero attached hydrogens (tertiary/aromatic N) is 1. The summed E-state index contributed by atoms with van der Waals surface area (Å²) in [7, 11) is 1.49. The van der Waals surface area contributed by atoms with Crippen molar-refractivity contribution >= 4 is 11.9 Å². The van der Waals surface area contributed by atoms with Crippen LogP contribution in [0.15, 0.2) is 48.5 Å². The number of methoxy groups -OCH3 is 1. The number of carbonyl (C=O) groups is 2. The van der Waals surface area contributed by atoms with Crippen LogP contribution in [0.2, 0.25) is 0 Å². The van der Waals surface area contributed by atoms with E-state index in [1.165, 1.54) is 13.2 Å². The van der Waals surface area contributed by atoms with Crippen molar-refractivity contribution in [2.45, 2.75) is 84.2 Å². The number of carbonyl (C=O) groups excluding carboxylic acids is 1. The summed E-state index contributed by atoms with van der Waals surface area (Å²) in [6.45, 7) is 3.05. The zero-order valence-electron chi connectivity index (χ0n) is 23.6. The highest BCUT2D eigenvalue weighted by Gasteiger charge is 2.58. The summed E-state index contributed by atoms with van der Waals surface area (Å²) in [5, 5.41) is 14.1. The first-order valence-corrected chi connectivity index (χ1v) is 14.0. The molecule has 2 N–H and O–H groups in total. The van der Waals surface area contributed by atoms with Crippen LogP contribution >= 0.6 is 0 Å². The van der Waals surface area contributed by atoms with E-state index in [0.29, 0.717) is 11.3 Å². The van der Waals surface area contributed by atoms with E-state index < -0.39 is 42.0 Å². The molecule has 1 aliphatic heterocycles. The van der Waals surface area contributed by atoms with E-state index in [-0.39, 0.29) is 24.1 Å². The van der Waals surface area contributed by atoms with E-state index in [4.69, 9.17) is 9.47 Å². The number of alkyl halides is 2. The predicted molar refractivity (Wildman–Crippen MR) is 147 cm³/mol. The third-order valence-corrected chi connectivity index (χ3v) is 8.28. The maximum absolute atomic E-state index is 14.2. The Morgan fingerprint density at radius 1 is 1.07 bits per heavy atom. The largest absolute Gasteiger partial charge is 0.497 e. The van der Waals surface area contributed by atoms with Crippen molar-refractivity contribution in [3.8, 4) is 11.5 Å². The molecule has 0 unspecified atom stereocenters. The van der Waals surface area contributed by atoms with Crippen molar-refractivity contribution in [2.24, 2.45) is 17.3 Å². The van der Waals surface area contributed by atoms with E-state index >= 15 is 0 Å². The van der Waals surface area contributed by atoms with Gasteiger partial charge in [-0.2, -0.15) is 8.78 Å². The standard InChI is InChI=1S/C31H40F2N2O5/c1-31(2,3)24-25(34-18-21-17-22(39-4)15-16-23(21)40-30(32)33)26(19-11-7-5-8-12-19)35(27(24)29(37)38)28(36)20-13-9-6-10-14-20/h5,7-8,11-12,15-17,20,24-27,30,34H,6,9-10,13-14,18H2,1-4H3,(H,37,38)/t24-,25-,26-,27-/m1/s1. The Hall–Kier alpha value is -3.20. The van der Waals surface area contributed by atoms with Gasteiger partial charge in [-0.1, -0.05) is 70.4 Å². The topological polar surface area (TPSA) is 88.1 Å². The van der Waals surface area contributed by atoms with Gasteiger partial charge in [-0.05, 0) is 42.0 Å².